The van der Waals surface area contributed by atoms with Crippen molar-refractivity contribution in [1.82, 2.24) is 14.8 Å². The molecule has 148 valence electrons. The predicted molar refractivity (Wildman–Crippen MR) is 121 cm³/mol. The summed E-state index contributed by atoms with van der Waals surface area (Å²) in [5.74, 6) is 1.63. The van der Waals surface area contributed by atoms with Gasteiger partial charge in [0.1, 0.15) is 24.2 Å². The number of ether oxygens (including phenoxy) is 1. The van der Waals surface area contributed by atoms with Crippen LogP contribution in [0.3, 0.4) is 0 Å². The van der Waals surface area contributed by atoms with Gasteiger partial charge in [-0.25, -0.2) is 4.68 Å². The van der Waals surface area contributed by atoms with E-state index in [1.165, 1.54) is 9.77 Å². The fourth-order valence-electron chi connectivity index (χ4n) is 4.19. The SMILES string of the molecule is CSc1ccc(C2Oc3ccccc3C3=C2C(c2cccs2)n2ncnc2N3)cc1. The third-order valence-corrected chi connectivity index (χ3v) is 7.22. The molecule has 7 heteroatoms. The fourth-order valence-corrected chi connectivity index (χ4v) is 5.43. The molecule has 0 saturated carbocycles. The summed E-state index contributed by atoms with van der Waals surface area (Å²) >= 11 is 3.47. The van der Waals surface area contributed by atoms with Crippen LogP contribution in [0.2, 0.25) is 0 Å². The maximum absolute atomic E-state index is 6.62. The molecule has 2 unspecified atom stereocenters. The van der Waals surface area contributed by atoms with E-state index >= 15 is 0 Å². The first-order valence-electron chi connectivity index (χ1n) is 9.67. The van der Waals surface area contributed by atoms with Crippen molar-refractivity contribution in [1.29, 1.82) is 0 Å². The maximum atomic E-state index is 6.62. The fraction of sp³-hybridized carbons (Fsp3) is 0.130. The molecule has 30 heavy (non-hydrogen) atoms. The van der Waals surface area contributed by atoms with Crippen LogP contribution in [0.25, 0.3) is 5.70 Å². The highest BCUT2D eigenvalue weighted by Gasteiger charge is 2.41. The lowest BCUT2D eigenvalue weighted by atomic mass is 9.87. The van der Waals surface area contributed by atoms with E-state index in [0.29, 0.717) is 0 Å². The van der Waals surface area contributed by atoms with Crippen LogP contribution >= 0.6 is 23.1 Å². The second kappa shape index (κ2) is 7.04. The number of fused-ring (bicyclic) bond motifs is 3. The summed E-state index contributed by atoms with van der Waals surface area (Å²) < 4.78 is 8.58. The van der Waals surface area contributed by atoms with Gasteiger partial charge in [0, 0.05) is 20.9 Å². The zero-order chi connectivity index (χ0) is 20.1. The minimum Gasteiger partial charge on any atom is -0.480 e. The van der Waals surface area contributed by atoms with Crippen molar-refractivity contribution < 1.29 is 4.74 Å². The van der Waals surface area contributed by atoms with Crippen molar-refractivity contribution in [2.45, 2.75) is 17.0 Å². The minimum atomic E-state index is -0.220. The van der Waals surface area contributed by atoms with Gasteiger partial charge in [-0.05, 0) is 47.5 Å². The number of rotatable bonds is 3. The van der Waals surface area contributed by atoms with E-state index in [1.54, 1.807) is 29.4 Å². The van der Waals surface area contributed by atoms with Gasteiger partial charge in [0.25, 0.3) is 0 Å². The Morgan fingerprint density at radius 3 is 2.73 bits per heavy atom. The monoisotopic (exact) mass is 430 g/mol. The lowest BCUT2D eigenvalue weighted by Crippen LogP contribution is -2.32. The zero-order valence-corrected chi connectivity index (χ0v) is 17.8. The van der Waals surface area contributed by atoms with Gasteiger partial charge in [0.05, 0.1) is 5.70 Å². The molecule has 0 saturated heterocycles. The van der Waals surface area contributed by atoms with Gasteiger partial charge in [-0.1, -0.05) is 30.3 Å². The molecule has 5 nitrogen and oxygen atoms in total. The summed E-state index contributed by atoms with van der Waals surface area (Å²) in [5, 5.41) is 10.2. The lowest BCUT2D eigenvalue weighted by Gasteiger charge is -2.38. The Morgan fingerprint density at radius 1 is 1.07 bits per heavy atom. The van der Waals surface area contributed by atoms with E-state index in [4.69, 9.17) is 4.74 Å². The molecule has 0 aliphatic carbocycles. The Bertz CT molecular complexity index is 1240. The van der Waals surface area contributed by atoms with Crippen molar-refractivity contribution in [2.75, 3.05) is 11.6 Å². The molecule has 2 aromatic heterocycles. The summed E-state index contributed by atoms with van der Waals surface area (Å²) in [6.07, 6.45) is 3.48. The van der Waals surface area contributed by atoms with Crippen LogP contribution in [0.1, 0.15) is 28.1 Å². The highest BCUT2D eigenvalue weighted by atomic mass is 32.2. The quantitative estimate of drug-likeness (QED) is 0.428. The Balaban J connectivity index is 1.60. The molecule has 2 aromatic carbocycles. The van der Waals surface area contributed by atoms with Gasteiger partial charge in [0.15, 0.2) is 0 Å². The Hall–Kier alpha value is -3.03. The smallest absolute Gasteiger partial charge is 0.226 e. The van der Waals surface area contributed by atoms with Gasteiger partial charge in [-0.15, -0.1) is 23.1 Å². The highest BCUT2D eigenvalue weighted by Crippen LogP contribution is 2.51. The number of para-hydroxylation sites is 1. The molecule has 0 fully saturated rings. The van der Waals surface area contributed by atoms with E-state index in [2.05, 4.69) is 69.5 Å². The summed E-state index contributed by atoms with van der Waals surface area (Å²) in [6.45, 7) is 0. The van der Waals surface area contributed by atoms with Crippen molar-refractivity contribution in [2.24, 2.45) is 0 Å². The van der Waals surface area contributed by atoms with Crippen LogP contribution in [0.5, 0.6) is 5.75 Å². The van der Waals surface area contributed by atoms with Crippen LogP contribution < -0.4 is 10.1 Å². The van der Waals surface area contributed by atoms with E-state index < -0.39 is 0 Å². The molecule has 0 spiro atoms. The van der Waals surface area contributed by atoms with E-state index in [-0.39, 0.29) is 12.1 Å². The number of anilines is 1. The Labute approximate surface area is 182 Å². The van der Waals surface area contributed by atoms with E-state index in [1.807, 2.05) is 22.9 Å². The molecule has 0 amide bonds. The molecular weight excluding hydrogens is 412 g/mol. The lowest BCUT2D eigenvalue weighted by molar-refractivity contribution is 0.223. The first-order chi connectivity index (χ1) is 14.8. The molecule has 6 rings (SSSR count). The second-order valence-electron chi connectivity index (χ2n) is 7.17. The van der Waals surface area contributed by atoms with Crippen molar-refractivity contribution in [3.63, 3.8) is 0 Å². The van der Waals surface area contributed by atoms with Crippen LogP contribution in [0.4, 0.5) is 5.95 Å². The molecule has 2 aliphatic heterocycles. The normalized spacial score (nSPS) is 19.4. The average Bonchev–Trinajstić information content (AvgIpc) is 3.49. The predicted octanol–water partition coefficient (Wildman–Crippen LogP) is 5.62. The average molecular weight is 431 g/mol. The molecule has 0 radical (unpaired) electrons. The first-order valence-corrected chi connectivity index (χ1v) is 11.8. The highest BCUT2D eigenvalue weighted by molar-refractivity contribution is 7.98. The molecule has 1 N–H and O–H groups in total. The summed E-state index contributed by atoms with van der Waals surface area (Å²) in [6, 6.07) is 21.0. The summed E-state index contributed by atoms with van der Waals surface area (Å²) in [5.41, 5.74) is 4.41. The Morgan fingerprint density at radius 2 is 1.93 bits per heavy atom. The summed E-state index contributed by atoms with van der Waals surface area (Å²) in [7, 11) is 0. The number of thioether (sulfide) groups is 1. The van der Waals surface area contributed by atoms with E-state index in [9.17, 15) is 0 Å². The van der Waals surface area contributed by atoms with Gasteiger partial charge >= 0.3 is 0 Å². The number of hydrogen-bond acceptors (Lipinski definition) is 6. The number of nitrogens with zero attached hydrogens (tertiary/aromatic N) is 3. The van der Waals surface area contributed by atoms with Gasteiger partial charge in [-0.2, -0.15) is 10.1 Å². The third-order valence-electron chi connectivity index (χ3n) is 5.55. The van der Waals surface area contributed by atoms with E-state index in [0.717, 1.165) is 34.1 Å². The molecular formula is C23H18N4OS2. The van der Waals surface area contributed by atoms with Gasteiger partial charge in [-0.3, -0.25) is 0 Å². The molecule has 0 bridgehead atoms. The largest absolute Gasteiger partial charge is 0.480 e. The number of benzene rings is 2. The number of nitrogens with one attached hydrogen (secondary N) is 1. The molecule has 4 aromatic rings. The minimum absolute atomic E-state index is 0.0719. The molecule has 4 heterocycles. The van der Waals surface area contributed by atoms with Crippen LogP contribution in [-0.4, -0.2) is 21.0 Å². The van der Waals surface area contributed by atoms with Crippen LogP contribution in [0, 0.1) is 0 Å². The molecule has 2 aliphatic rings. The first kappa shape index (κ1) is 17.8. The maximum Gasteiger partial charge on any atom is 0.226 e. The van der Waals surface area contributed by atoms with Crippen LogP contribution in [0.15, 0.2) is 82.8 Å². The zero-order valence-electron chi connectivity index (χ0n) is 16.1. The third kappa shape index (κ3) is 2.69. The summed E-state index contributed by atoms with van der Waals surface area (Å²) in [4.78, 5) is 6.92. The number of aromatic nitrogens is 3. The van der Waals surface area contributed by atoms with Gasteiger partial charge in [0.2, 0.25) is 5.95 Å². The second-order valence-corrected chi connectivity index (χ2v) is 9.03. The Kier molecular flexibility index (Phi) is 4.17. The number of thiophene rings is 1. The van der Waals surface area contributed by atoms with Crippen molar-refractivity contribution in [3.8, 4) is 5.75 Å². The van der Waals surface area contributed by atoms with Crippen molar-refractivity contribution in [3.05, 3.63) is 93.9 Å². The topological polar surface area (TPSA) is 52.0 Å². The van der Waals surface area contributed by atoms with Gasteiger partial charge < -0.3 is 10.1 Å². The standard InChI is InChI=1S/C23H18N4OS2/c1-29-15-10-8-14(9-11-15)22-19-20(16-5-2-3-6-17(16)28-22)26-23-24-13-25-27(23)21(19)18-7-4-12-30-18/h2-13,21-22H,1H3,(H,24,25,26). The molecule has 2 atom stereocenters. The number of hydrogen-bond donors (Lipinski definition) is 1. The van der Waals surface area contributed by atoms with Crippen LogP contribution in [-0.2, 0) is 0 Å². The van der Waals surface area contributed by atoms with Crippen molar-refractivity contribution >= 4 is 34.7 Å².